The first-order valence-electron chi connectivity index (χ1n) is 10.4. The molecule has 2 aromatic carbocycles. The fourth-order valence-corrected chi connectivity index (χ4v) is 3.91. The first kappa shape index (κ1) is 19.5. The normalized spacial score (nSPS) is 15.5. The molecule has 0 saturated carbocycles. The van der Waals surface area contributed by atoms with E-state index < -0.39 is 0 Å². The van der Waals surface area contributed by atoms with Gasteiger partial charge in [-0.15, -0.1) is 0 Å². The summed E-state index contributed by atoms with van der Waals surface area (Å²) in [6.07, 6.45) is 2.03. The Bertz CT molecular complexity index is 971. The fourth-order valence-electron chi connectivity index (χ4n) is 3.91. The van der Waals surface area contributed by atoms with E-state index in [1.165, 1.54) is 0 Å². The number of hydrogen-bond acceptors (Lipinski definition) is 4. The lowest BCUT2D eigenvalue weighted by molar-refractivity contribution is 0.0917. The van der Waals surface area contributed by atoms with Crippen LogP contribution in [-0.2, 0) is 13.1 Å². The van der Waals surface area contributed by atoms with Gasteiger partial charge in [0, 0.05) is 24.7 Å². The Balaban J connectivity index is 1.37. The van der Waals surface area contributed by atoms with Crippen LogP contribution in [-0.4, -0.2) is 46.5 Å². The molecule has 152 valence electrons. The van der Waals surface area contributed by atoms with Crippen molar-refractivity contribution in [1.82, 2.24) is 19.8 Å². The molecular formula is C23H29N5O. The molecule has 6 heteroatoms. The van der Waals surface area contributed by atoms with Crippen molar-refractivity contribution in [3.05, 3.63) is 59.7 Å². The third kappa shape index (κ3) is 4.43. The van der Waals surface area contributed by atoms with Gasteiger partial charge in [-0.05, 0) is 69.7 Å². The number of para-hydroxylation sites is 2. The second-order valence-electron chi connectivity index (χ2n) is 7.77. The minimum atomic E-state index is 0.0202. The average molecular weight is 392 g/mol. The maximum absolute atomic E-state index is 12.5. The quantitative estimate of drug-likeness (QED) is 0.675. The van der Waals surface area contributed by atoms with Gasteiger partial charge in [0.05, 0.1) is 11.0 Å². The number of nitrogens with zero attached hydrogens (tertiary/aromatic N) is 3. The van der Waals surface area contributed by atoms with Gasteiger partial charge < -0.3 is 20.1 Å². The van der Waals surface area contributed by atoms with E-state index >= 15 is 0 Å². The number of carbonyl (C=O) groups excluding carboxylic acids is 1. The summed E-state index contributed by atoms with van der Waals surface area (Å²) in [4.78, 5) is 19.5. The third-order valence-electron chi connectivity index (χ3n) is 5.69. The van der Waals surface area contributed by atoms with Gasteiger partial charge in [0.15, 0.2) is 0 Å². The van der Waals surface area contributed by atoms with Crippen LogP contribution >= 0.6 is 0 Å². The van der Waals surface area contributed by atoms with E-state index in [9.17, 15) is 4.79 Å². The molecule has 1 saturated heterocycles. The van der Waals surface area contributed by atoms with Crippen LogP contribution in [0.5, 0.6) is 0 Å². The van der Waals surface area contributed by atoms with Gasteiger partial charge >= 0.3 is 0 Å². The molecule has 3 aromatic rings. The number of carbonyl (C=O) groups is 1. The minimum Gasteiger partial charge on any atom is -0.352 e. The Labute approximate surface area is 171 Å². The molecule has 1 amide bonds. The highest BCUT2D eigenvalue weighted by molar-refractivity contribution is 5.94. The number of hydrogen-bond donors (Lipinski definition) is 2. The summed E-state index contributed by atoms with van der Waals surface area (Å²) in [6.45, 7) is 5.73. The summed E-state index contributed by atoms with van der Waals surface area (Å²) in [5.41, 5.74) is 3.97. The number of amides is 1. The highest BCUT2D eigenvalue weighted by Crippen LogP contribution is 2.20. The smallest absolute Gasteiger partial charge is 0.251 e. The number of nitrogens with one attached hydrogen (secondary N) is 2. The maximum atomic E-state index is 12.5. The largest absolute Gasteiger partial charge is 0.352 e. The molecule has 0 unspecified atom stereocenters. The van der Waals surface area contributed by atoms with Crippen LogP contribution in [0.2, 0.25) is 0 Å². The molecule has 29 heavy (non-hydrogen) atoms. The average Bonchev–Trinajstić information content (AvgIpc) is 3.11. The molecule has 0 spiro atoms. The lowest BCUT2D eigenvalue weighted by Gasteiger charge is -2.29. The van der Waals surface area contributed by atoms with Crippen molar-refractivity contribution in [2.24, 2.45) is 0 Å². The van der Waals surface area contributed by atoms with Crippen LogP contribution in [0.1, 0.15) is 35.7 Å². The SMILES string of the molecule is CCn1c(NCc2ccc(C(=O)NC3CCN(C)CC3)cc2)nc2ccccc21. The van der Waals surface area contributed by atoms with Crippen LogP contribution in [0.4, 0.5) is 5.95 Å². The Kier molecular flexibility index (Phi) is 5.81. The van der Waals surface area contributed by atoms with Crippen LogP contribution in [0.15, 0.2) is 48.5 Å². The first-order valence-corrected chi connectivity index (χ1v) is 10.4. The van der Waals surface area contributed by atoms with Crippen LogP contribution in [0, 0.1) is 0 Å². The van der Waals surface area contributed by atoms with Crippen molar-refractivity contribution >= 4 is 22.9 Å². The van der Waals surface area contributed by atoms with Crippen molar-refractivity contribution in [3.8, 4) is 0 Å². The van der Waals surface area contributed by atoms with E-state index in [2.05, 4.69) is 40.1 Å². The third-order valence-corrected chi connectivity index (χ3v) is 5.69. The van der Waals surface area contributed by atoms with Gasteiger partial charge in [-0.2, -0.15) is 0 Å². The van der Waals surface area contributed by atoms with E-state index in [1.807, 2.05) is 42.5 Å². The van der Waals surface area contributed by atoms with Crippen molar-refractivity contribution in [1.29, 1.82) is 0 Å². The molecule has 4 rings (SSSR count). The molecule has 0 radical (unpaired) electrons. The summed E-state index contributed by atoms with van der Waals surface area (Å²) in [5.74, 6) is 0.893. The highest BCUT2D eigenvalue weighted by atomic mass is 16.1. The molecule has 2 N–H and O–H groups in total. The zero-order valence-electron chi connectivity index (χ0n) is 17.2. The van der Waals surface area contributed by atoms with Crippen molar-refractivity contribution in [2.75, 3.05) is 25.5 Å². The lowest BCUT2D eigenvalue weighted by Crippen LogP contribution is -2.43. The van der Waals surface area contributed by atoms with E-state index in [0.717, 1.165) is 55.0 Å². The molecule has 1 aromatic heterocycles. The van der Waals surface area contributed by atoms with Gasteiger partial charge in [-0.3, -0.25) is 4.79 Å². The van der Waals surface area contributed by atoms with E-state index in [-0.39, 0.29) is 11.9 Å². The summed E-state index contributed by atoms with van der Waals surface area (Å²) in [6, 6.07) is 16.3. The van der Waals surface area contributed by atoms with Gasteiger partial charge in [-0.25, -0.2) is 4.98 Å². The van der Waals surface area contributed by atoms with Gasteiger partial charge in [0.1, 0.15) is 0 Å². The van der Waals surface area contributed by atoms with Crippen molar-refractivity contribution < 1.29 is 4.79 Å². The number of anilines is 1. The topological polar surface area (TPSA) is 62.2 Å². The number of aryl methyl sites for hydroxylation is 1. The molecule has 2 heterocycles. The number of rotatable bonds is 6. The van der Waals surface area contributed by atoms with Crippen molar-refractivity contribution in [3.63, 3.8) is 0 Å². The van der Waals surface area contributed by atoms with E-state index in [0.29, 0.717) is 12.1 Å². The van der Waals surface area contributed by atoms with Crippen LogP contribution in [0.25, 0.3) is 11.0 Å². The molecule has 1 fully saturated rings. The Morgan fingerprint density at radius 2 is 1.83 bits per heavy atom. The zero-order chi connectivity index (χ0) is 20.2. The van der Waals surface area contributed by atoms with Crippen molar-refractivity contribution in [2.45, 2.75) is 38.9 Å². The fraction of sp³-hybridized carbons (Fsp3) is 0.391. The van der Waals surface area contributed by atoms with Gasteiger partial charge in [-0.1, -0.05) is 24.3 Å². The van der Waals surface area contributed by atoms with Crippen LogP contribution < -0.4 is 10.6 Å². The second kappa shape index (κ2) is 8.66. The minimum absolute atomic E-state index is 0.0202. The molecule has 0 bridgehead atoms. The number of piperidine rings is 1. The number of fused-ring (bicyclic) bond motifs is 1. The van der Waals surface area contributed by atoms with E-state index in [1.54, 1.807) is 0 Å². The second-order valence-corrected chi connectivity index (χ2v) is 7.77. The molecule has 1 aliphatic heterocycles. The number of imidazole rings is 1. The molecule has 1 aliphatic rings. The Morgan fingerprint density at radius 1 is 1.10 bits per heavy atom. The zero-order valence-corrected chi connectivity index (χ0v) is 17.2. The van der Waals surface area contributed by atoms with Crippen LogP contribution in [0.3, 0.4) is 0 Å². The predicted octanol–water partition coefficient (Wildman–Crippen LogP) is 3.49. The molecule has 6 nitrogen and oxygen atoms in total. The monoisotopic (exact) mass is 391 g/mol. The number of benzene rings is 2. The Hall–Kier alpha value is -2.86. The molecule has 0 atom stereocenters. The van der Waals surface area contributed by atoms with E-state index in [4.69, 9.17) is 4.98 Å². The Morgan fingerprint density at radius 3 is 2.55 bits per heavy atom. The number of likely N-dealkylation sites (tertiary alicyclic amines) is 1. The first-order chi connectivity index (χ1) is 14.1. The number of aromatic nitrogens is 2. The molecule has 0 aliphatic carbocycles. The summed E-state index contributed by atoms with van der Waals surface area (Å²) in [7, 11) is 2.13. The van der Waals surface area contributed by atoms with Gasteiger partial charge in [0.2, 0.25) is 5.95 Å². The lowest BCUT2D eigenvalue weighted by atomic mass is 10.0. The summed E-state index contributed by atoms with van der Waals surface area (Å²) in [5, 5.41) is 6.60. The predicted molar refractivity (Wildman–Crippen MR) is 117 cm³/mol. The summed E-state index contributed by atoms with van der Waals surface area (Å²) >= 11 is 0. The van der Waals surface area contributed by atoms with Gasteiger partial charge in [0.25, 0.3) is 5.91 Å². The standard InChI is InChI=1S/C23H29N5O/c1-3-28-21-7-5-4-6-20(21)26-23(28)24-16-17-8-10-18(11-9-17)22(29)25-19-12-14-27(2)15-13-19/h4-11,19H,3,12-16H2,1-2H3,(H,24,26)(H,25,29). The highest BCUT2D eigenvalue weighted by Gasteiger charge is 2.19. The maximum Gasteiger partial charge on any atom is 0.251 e. The summed E-state index contributed by atoms with van der Waals surface area (Å²) < 4.78 is 2.18. The molecular weight excluding hydrogens is 362 g/mol.